The Hall–Kier alpha value is -0.0500. The summed E-state index contributed by atoms with van der Waals surface area (Å²) in [4.78, 5) is 3.83. The molecule has 0 fully saturated rings. The molecule has 50 valence electrons. The van der Waals surface area contributed by atoms with Gasteiger partial charge in [0.25, 0.3) is 0 Å². The summed E-state index contributed by atoms with van der Waals surface area (Å²) >= 11 is 11.3. The Morgan fingerprint density at radius 3 is 2.11 bits per heavy atom. The van der Waals surface area contributed by atoms with Crippen molar-refractivity contribution < 1.29 is 4.48 Å². The largest absolute Gasteiger partial charge is 0.245 e. The van der Waals surface area contributed by atoms with Crippen LogP contribution < -0.4 is 0 Å². The summed E-state index contributed by atoms with van der Waals surface area (Å²) < 4.78 is 0.445. The second-order valence-corrected chi connectivity index (χ2v) is 3.08. The van der Waals surface area contributed by atoms with Crippen molar-refractivity contribution in [2.75, 3.05) is 14.1 Å². The zero-order valence-electron chi connectivity index (χ0n) is 5.23. The summed E-state index contributed by atoms with van der Waals surface area (Å²) in [6.07, 6.45) is 1.69. The van der Waals surface area contributed by atoms with E-state index in [-0.39, 0.29) is 0 Å². The molecule has 1 heterocycles. The maximum absolute atomic E-state index is 5.75. The molecule has 0 aromatic rings. The Labute approximate surface area is 64.0 Å². The lowest BCUT2D eigenvalue weighted by Crippen LogP contribution is -2.32. The monoisotopic (exact) mass is 165 g/mol. The molecular formula is C5H7Cl2N2+. The van der Waals surface area contributed by atoms with E-state index in [1.54, 1.807) is 6.34 Å². The van der Waals surface area contributed by atoms with Crippen LogP contribution in [0.3, 0.4) is 0 Å². The maximum Gasteiger partial charge on any atom is 0.245 e. The quantitative estimate of drug-likeness (QED) is 0.383. The topological polar surface area (TPSA) is 12.4 Å². The van der Waals surface area contributed by atoms with Crippen molar-refractivity contribution >= 4 is 29.5 Å². The van der Waals surface area contributed by atoms with E-state index in [4.69, 9.17) is 23.2 Å². The first-order chi connectivity index (χ1) is 4.04. The van der Waals surface area contributed by atoms with Crippen molar-refractivity contribution in [1.29, 1.82) is 0 Å². The Kier molecular flexibility index (Phi) is 1.55. The molecule has 0 saturated carbocycles. The molecule has 0 saturated heterocycles. The number of quaternary nitrogens is 1. The first-order valence-corrected chi connectivity index (χ1v) is 3.24. The van der Waals surface area contributed by atoms with Crippen LogP contribution in [-0.2, 0) is 0 Å². The van der Waals surface area contributed by atoms with Crippen LogP contribution in [0.4, 0.5) is 0 Å². The van der Waals surface area contributed by atoms with Gasteiger partial charge in [-0.2, -0.15) is 4.99 Å². The van der Waals surface area contributed by atoms with Crippen molar-refractivity contribution in [3.63, 3.8) is 0 Å². The van der Waals surface area contributed by atoms with Gasteiger partial charge in [0.05, 0.1) is 14.1 Å². The third-order valence-electron chi connectivity index (χ3n) is 1.14. The minimum absolute atomic E-state index is 0.390. The van der Waals surface area contributed by atoms with Crippen LogP contribution in [0.5, 0.6) is 0 Å². The van der Waals surface area contributed by atoms with Gasteiger partial charge in [-0.1, -0.05) is 11.6 Å². The van der Waals surface area contributed by atoms with Crippen molar-refractivity contribution in [2.45, 2.75) is 0 Å². The van der Waals surface area contributed by atoms with Crippen molar-refractivity contribution in [3.05, 3.63) is 10.3 Å². The van der Waals surface area contributed by atoms with Crippen molar-refractivity contribution in [1.82, 2.24) is 0 Å². The summed E-state index contributed by atoms with van der Waals surface area (Å²) in [6.45, 7) is 0. The van der Waals surface area contributed by atoms with Crippen LogP contribution in [-0.4, -0.2) is 24.9 Å². The highest BCUT2D eigenvalue weighted by Gasteiger charge is 2.27. The Morgan fingerprint density at radius 1 is 1.44 bits per heavy atom. The molecule has 0 unspecified atom stereocenters. The van der Waals surface area contributed by atoms with E-state index in [1.807, 2.05) is 14.1 Å². The minimum atomic E-state index is 0.390. The average Bonchev–Trinajstić information content (AvgIpc) is 1.97. The zero-order chi connectivity index (χ0) is 7.07. The fourth-order valence-corrected chi connectivity index (χ4v) is 0.891. The highest BCUT2D eigenvalue weighted by atomic mass is 35.5. The van der Waals surface area contributed by atoms with Gasteiger partial charge in [-0.15, -0.1) is 0 Å². The van der Waals surface area contributed by atoms with E-state index in [0.29, 0.717) is 14.8 Å². The van der Waals surface area contributed by atoms with Gasteiger partial charge in [0.15, 0.2) is 6.34 Å². The molecule has 4 heteroatoms. The van der Waals surface area contributed by atoms with Gasteiger partial charge < -0.3 is 0 Å². The molecule has 2 nitrogen and oxygen atoms in total. The highest BCUT2D eigenvalue weighted by Crippen LogP contribution is 2.26. The molecule has 0 amide bonds. The third-order valence-corrected chi connectivity index (χ3v) is 2.12. The molecule has 1 aliphatic rings. The van der Waals surface area contributed by atoms with Crippen LogP contribution in [0, 0.1) is 0 Å². The smallest absolute Gasteiger partial charge is 0.241 e. The second kappa shape index (κ2) is 1.97. The molecule has 1 aliphatic heterocycles. The van der Waals surface area contributed by atoms with Gasteiger partial charge in [0.2, 0.25) is 10.3 Å². The molecule has 0 N–H and O–H groups in total. The lowest BCUT2D eigenvalue weighted by Gasteiger charge is -2.16. The Morgan fingerprint density at radius 2 is 2.00 bits per heavy atom. The van der Waals surface area contributed by atoms with E-state index in [0.717, 1.165) is 0 Å². The van der Waals surface area contributed by atoms with Crippen LogP contribution >= 0.6 is 23.2 Å². The van der Waals surface area contributed by atoms with Crippen molar-refractivity contribution in [3.8, 4) is 0 Å². The standard InChI is InChI=1S/C5H7Cl2N2/c1-9(2)3-8-4(6)5(9)7/h3H,1-2H3/q+1. The predicted molar refractivity (Wildman–Crippen MR) is 39.3 cm³/mol. The number of nitrogens with zero attached hydrogens (tertiary/aromatic N) is 2. The summed E-state index contributed by atoms with van der Waals surface area (Å²) in [6, 6.07) is 0. The van der Waals surface area contributed by atoms with Crippen LogP contribution in [0.1, 0.15) is 0 Å². The Balaban J connectivity index is 3.01. The molecule has 0 bridgehead atoms. The number of rotatable bonds is 0. The highest BCUT2D eigenvalue weighted by molar-refractivity contribution is 6.39. The second-order valence-electron chi connectivity index (χ2n) is 2.37. The van der Waals surface area contributed by atoms with Gasteiger partial charge in [-0.05, 0) is 11.6 Å². The molecule has 0 aromatic carbocycles. The van der Waals surface area contributed by atoms with Crippen molar-refractivity contribution in [2.24, 2.45) is 4.99 Å². The molecule has 0 spiro atoms. The molecule has 0 radical (unpaired) electrons. The maximum atomic E-state index is 5.75. The van der Waals surface area contributed by atoms with Gasteiger partial charge >= 0.3 is 0 Å². The SMILES string of the molecule is C[N+]1(C)C=NC(Cl)=C1Cl. The number of halogens is 2. The molecule has 1 rings (SSSR count). The molecule has 0 aromatic heterocycles. The first-order valence-electron chi connectivity index (χ1n) is 2.49. The van der Waals surface area contributed by atoms with Gasteiger partial charge in [0, 0.05) is 0 Å². The molecule has 0 aliphatic carbocycles. The number of hydrogen-bond donors (Lipinski definition) is 0. The van der Waals surface area contributed by atoms with E-state index >= 15 is 0 Å². The molecular weight excluding hydrogens is 159 g/mol. The van der Waals surface area contributed by atoms with Crippen LogP contribution in [0.25, 0.3) is 0 Å². The van der Waals surface area contributed by atoms with E-state index in [9.17, 15) is 0 Å². The lowest BCUT2D eigenvalue weighted by atomic mass is 10.7. The fraction of sp³-hybridized carbons (Fsp3) is 0.400. The van der Waals surface area contributed by atoms with E-state index in [2.05, 4.69) is 4.99 Å². The Bertz CT molecular complexity index is 193. The minimum Gasteiger partial charge on any atom is -0.241 e. The van der Waals surface area contributed by atoms with Gasteiger partial charge in [-0.3, -0.25) is 0 Å². The predicted octanol–water partition coefficient (Wildman–Crippen LogP) is 1.71. The third kappa shape index (κ3) is 1.11. The first kappa shape index (κ1) is 7.06. The number of hydrogen-bond acceptors (Lipinski definition) is 1. The van der Waals surface area contributed by atoms with Crippen LogP contribution in [0.2, 0.25) is 0 Å². The van der Waals surface area contributed by atoms with E-state index < -0.39 is 0 Å². The van der Waals surface area contributed by atoms with E-state index in [1.165, 1.54) is 0 Å². The average molecular weight is 166 g/mol. The zero-order valence-corrected chi connectivity index (χ0v) is 6.74. The fourth-order valence-electron chi connectivity index (χ4n) is 0.537. The summed E-state index contributed by atoms with van der Waals surface area (Å²) in [7, 11) is 3.81. The van der Waals surface area contributed by atoms with Gasteiger partial charge in [-0.25, -0.2) is 4.48 Å². The lowest BCUT2D eigenvalue weighted by molar-refractivity contribution is -0.739. The summed E-state index contributed by atoms with van der Waals surface area (Å²) in [5.74, 6) is 0. The summed E-state index contributed by atoms with van der Waals surface area (Å²) in [5.41, 5.74) is 0. The van der Waals surface area contributed by atoms with Crippen LogP contribution in [0.15, 0.2) is 15.3 Å². The van der Waals surface area contributed by atoms with Gasteiger partial charge in [0.1, 0.15) is 0 Å². The summed E-state index contributed by atoms with van der Waals surface area (Å²) in [5, 5.41) is 0.957. The molecule has 0 atom stereocenters. The number of aliphatic imine (C=N–C) groups is 1. The normalized spacial score (nSPS) is 23.6. The molecule has 9 heavy (non-hydrogen) atoms.